The summed E-state index contributed by atoms with van der Waals surface area (Å²) in [6.07, 6.45) is 5.60. The Hall–Kier alpha value is -1.13. The van der Waals surface area contributed by atoms with Gasteiger partial charge in [0.1, 0.15) is 0 Å². The molecule has 4 heteroatoms. The maximum atomic E-state index is 4.94. The van der Waals surface area contributed by atoms with E-state index in [9.17, 15) is 0 Å². The molecule has 2 nitrogen and oxygen atoms in total. The normalized spacial score (nSPS) is 12.2. The minimum Gasteiger partial charge on any atom is -0.336 e. The van der Waals surface area contributed by atoms with Crippen molar-refractivity contribution in [3.05, 3.63) is 54.6 Å². The first-order chi connectivity index (χ1) is 7.90. The predicted molar refractivity (Wildman–Crippen MR) is 72.7 cm³/mol. The molecule has 0 amide bonds. The van der Waals surface area contributed by atoms with Gasteiger partial charge in [-0.2, -0.15) is 0 Å². The predicted octanol–water partition coefficient (Wildman–Crippen LogP) is 3.31. The summed E-state index contributed by atoms with van der Waals surface area (Å²) in [5.74, 6) is 0. The molecule has 1 heterocycles. The van der Waals surface area contributed by atoms with Gasteiger partial charge in [0.15, 0.2) is 0 Å². The standard InChI is InChI=1S/C12H12N2S2/c15-10-16-12(8-14-7-6-13-9-14)11-4-2-1-3-5-11/h1-7,9-10,12H,8H2/t12-/m0/s1. The van der Waals surface area contributed by atoms with Gasteiger partial charge in [0, 0.05) is 23.6 Å². The molecule has 82 valence electrons. The van der Waals surface area contributed by atoms with Gasteiger partial charge >= 0.3 is 0 Å². The molecule has 0 spiro atoms. The molecule has 1 aromatic carbocycles. The number of nitrogens with zero attached hydrogens (tertiary/aromatic N) is 2. The third kappa shape index (κ3) is 2.93. The topological polar surface area (TPSA) is 17.8 Å². The molecule has 0 fully saturated rings. The van der Waals surface area contributed by atoms with E-state index in [-0.39, 0.29) is 0 Å². The lowest BCUT2D eigenvalue weighted by molar-refractivity contribution is 0.685. The second-order valence-electron chi connectivity index (χ2n) is 3.39. The monoisotopic (exact) mass is 248 g/mol. The summed E-state index contributed by atoms with van der Waals surface area (Å²) in [6.45, 7) is 0.891. The van der Waals surface area contributed by atoms with E-state index in [0.29, 0.717) is 5.25 Å². The summed E-state index contributed by atoms with van der Waals surface area (Å²) in [7, 11) is 0. The highest BCUT2D eigenvalue weighted by Crippen LogP contribution is 2.28. The first-order valence-electron chi connectivity index (χ1n) is 5.00. The van der Waals surface area contributed by atoms with Gasteiger partial charge in [-0.15, -0.1) is 11.8 Å². The third-order valence-corrected chi connectivity index (χ3v) is 3.52. The summed E-state index contributed by atoms with van der Waals surface area (Å²) >= 11 is 6.61. The van der Waals surface area contributed by atoms with E-state index in [0.717, 1.165) is 6.54 Å². The Balaban J connectivity index is 2.14. The van der Waals surface area contributed by atoms with Crippen molar-refractivity contribution in [2.24, 2.45) is 0 Å². The van der Waals surface area contributed by atoms with E-state index >= 15 is 0 Å². The number of hydrogen-bond donors (Lipinski definition) is 0. The first-order valence-corrected chi connectivity index (χ1v) is 6.41. The molecule has 0 saturated heterocycles. The van der Waals surface area contributed by atoms with Crippen LogP contribution in [-0.2, 0) is 6.54 Å². The van der Waals surface area contributed by atoms with Crippen LogP contribution in [0.5, 0.6) is 0 Å². The highest BCUT2D eigenvalue weighted by molar-refractivity contribution is 8.20. The summed E-state index contributed by atoms with van der Waals surface area (Å²) in [5.41, 5.74) is 1.29. The SMILES string of the molecule is S=CS[C@@H](Cn1ccnc1)c1ccccc1. The maximum absolute atomic E-state index is 4.94. The fourth-order valence-corrected chi connectivity index (χ4v) is 2.66. The van der Waals surface area contributed by atoms with Gasteiger partial charge in [0.2, 0.25) is 0 Å². The van der Waals surface area contributed by atoms with Crippen molar-refractivity contribution in [1.29, 1.82) is 0 Å². The highest BCUT2D eigenvalue weighted by atomic mass is 32.2. The van der Waals surface area contributed by atoms with E-state index in [1.54, 1.807) is 22.7 Å². The second kappa shape index (κ2) is 5.82. The zero-order chi connectivity index (χ0) is 11.2. The third-order valence-electron chi connectivity index (χ3n) is 2.33. The highest BCUT2D eigenvalue weighted by Gasteiger charge is 2.10. The minimum atomic E-state index is 0.355. The number of hydrogen-bond acceptors (Lipinski definition) is 3. The van der Waals surface area contributed by atoms with E-state index in [2.05, 4.69) is 33.8 Å². The van der Waals surface area contributed by atoms with Crippen LogP contribution in [0.1, 0.15) is 10.8 Å². The molecule has 0 saturated carbocycles. The molecule has 0 aliphatic rings. The Bertz CT molecular complexity index is 426. The number of aromatic nitrogens is 2. The van der Waals surface area contributed by atoms with Crippen molar-refractivity contribution in [3.63, 3.8) is 0 Å². The lowest BCUT2D eigenvalue weighted by Gasteiger charge is -2.14. The van der Waals surface area contributed by atoms with Gasteiger partial charge in [-0.1, -0.05) is 42.5 Å². The Kier molecular flexibility index (Phi) is 4.13. The van der Waals surface area contributed by atoms with Crippen LogP contribution >= 0.6 is 24.0 Å². The molecule has 0 radical (unpaired) electrons. The zero-order valence-corrected chi connectivity index (χ0v) is 10.3. The molecule has 16 heavy (non-hydrogen) atoms. The van der Waals surface area contributed by atoms with Gasteiger partial charge < -0.3 is 4.57 Å². The number of thiocarbonyl (C=S) groups is 1. The molecule has 1 atom stereocenters. The fraction of sp³-hybridized carbons (Fsp3) is 0.167. The second-order valence-corrected chi connectivity index (χ2v) is 5.00. The van der Waals surface area contributed by atoms with E-state index in [1.807, 2.05) is 18.6 Å². The molecule has 0 unspecified atom stereocenters. The molecule has 0 bridgehead atoms. The lowest BCUT2D eigenvalue weighted by atomic mass is 10.1. The van der Waals surface area contributed by atoms with Gasteiger partial charge in [0.25, 0.3) is 0 Å². The van der Waals surface area contributed by atoms with E-state index in [1.165, 1.54) is 5.56 Å². The van der Waals surface area contributed by atoms with Crippen molar-refractivity contribution >= 4 is 28.7 Å². The Labute approximate surface area is 105 Å². The molecule has 0 aliphatic carbocycles. The molecule has 0 N–H and O–H groups in total. The first kappa shape index (κ1) is 11.4. The zero-order valence-electron chi connectivity index (χ0n) is 8.69. The number of rotatable bonds is 5. The van der Waals surface area contributed by atoms with Crippen molar-refractivity contribution in [1.82, 2.24) is 9.55 Å². The average Bonchev–Trinajstić information content (AvgIpc) is 2.83. The lowest BCUT2D eigenvalue weighted by Crippen LogP contribution is -2.04. The fourth-order valence-electron chi connectivity index (χ4n) is 1.55. The molecule has 1 aromatic heterocycles. The Morgan fingerprint density at radius 2 is 2.19 bits per heavy atom. The smallest absolute Gasteiger partial charge is 0.0946 e. The Morgan fingerprint density at radius 1 is 1.38 bits per heavy atom. The van der Waals surface area contributed by atoms with Crippen LogP contribution in [-0.4, -0.2) is 14.3 Å². The van der Waals surface area contributed by atoms with Gasteiger partial charge in [0.05, 0.1) is 11.6 Å². The quantitative estimate of drug-likeness (QED) is 0.756. The number of benzene rings is 1. The van der Waals surface area contributed by atoms with Crippen LogP contribution < -0.4 is 0 Å². The van der Waals surface area contributed by atoms with Gasteiger partial charge in [-0.05, 0) is 5.56 Å². The van der Waals surface area contributed by atoms with Crippen molar-refractivity contribution in [2.45, 2.75) is 11.8 Å². The number of thioether (sulfide) groups is 1. The molecule has 0 aliphatic heterocycles. The van der Waals surface area contributed by atoms with Crippen molar-refractivity contribution < 1.29 is 0 Å². The van der Waals surface area contributed by atoms with Crippen molar-refractivity contribution in [2.75, 3.05) is 0 Å². The van der Waals surface area contributed by atoms with Gasteiger partial charge in [-0.3, -0.25) is 0 Å². The van der Waals surface area contributed by atoms with E-state index in [4.69, 9.17) is 12.2 Å². The van der Waals surface area contributed by atoms with Crippen LogP contribution in [0.25, 0.3) is 0 Å². The molecular weight excluding hydrogens is 236 g/mol. The average molecular weight is 248 g/mol. The van der Waals surface area contributed by atoms with Crippen LogP contribution in [0, 0.1) is 0 Å². The van der Waals surface area contributed by atoms with Gasteiger partial charge in [-0.25, -0.2) is 4.98 Å². The molecular formula is C12H12N2S2. The summed E-state index contributed by atoms with van der Waals surface area (Å²) < 4.78 is 3.80. The van der Waals surface area contributed by atoms with Crippen LogP contribution in [0.4, 0.5) is 0 Å². The maximum Gasteiger partial charge on any atom is 0.0946 e. The minimum absolute atomic E-state index is 0.355. The number of imidazole rings is 1. The summed E-state index contributed by atoms with van der Waals surface area (Å²) in [5, 5.41) is 0.355. The summed E-state index contributed by atoms with van der Waals surface area (Å²) in [4.78, 5) is 4.05. The molecule has 2 aromatic rings. The largest absolute Gasteiger partial charge is 0.336 e. The summed E-state index contributed by atoms with van der Waals surface area (Å²) in [6, 6.07) is 10.4. The van der Waals surface area contributed by atoms with E-state index < -0.39 is 0 Å². The molecule has 2 rings (SSSR count). The van der Waals surface area contributed by atoms with Crippen LogP contribution in [0.3, 0.4) is 0 Å². The van der Waals surface area contributed by atoms with Crippen LogP contribution in [0.2, 0.25) is 0 Å². The Morgan fingerprint density at radius 3 is 2.81 bits per heavy atom. The van der Waals surface area contributed by atoms with Crippen molar-refractivity contribution in [3.8, 4) is 0 Å². The van der Waals surface area contributed by atoms with Crippen LogP contribution in [0.15, 0.2) is 49.1 Å².